The molecule has 1 saturated carbocycles. The van der Waals surface area contributed by atoms with Gasteiger partial charge in [0.15, 0.2) is 5.13 Å². The first-order chi connectivity index (χ1) is 13.2. The molecular weight excluding hydrogens is 358 g/mol. The number of thiazole rings is 1. The van der Waals surface area contributed by atoms with Crippen LogP contribution in [0.2, 0.25) is 0 Å². The molecule has 1 aliphatic carbocycles. The summed E-state index contributed by atoms with van der Waals surface area (Å²) in [5.74, 6) is 1.43. The van der Waals surface area contributed by atoms with Crippen LogP contribution in [-0.4, -0.2) is 54.1 Å². The Morgan fingerprint density at radius 1 is 1.15 bits per heavy atom. The summed E-state index contributed by atoms with van der Waals surface area (Å²) in [5, 5.41) is 1.07. The summed E-state index contributed by atoms with van der Waals surface area (Å²) in [6.45, 7) is 5.58. The van der Waals surface area contributed by atoms with Gasteiger partial charge in [-0.25, -0.2) is 10.4 Å². The second-order valence-corrected chi connectivity index (χ2v) is 9.24. The minimum absolute atomic E-state index is 0.0632. The van der Waals surface area contributed by atoms with E-state index in [9.17, 15) is 4.79 Å². The smallest absolute Gasteiger partial charge is 0.241 e. The van der Waals surface area contributed by atoms with Gasteiger partial charge in [-0.1, -0.05) is 30.4 Å². The Morgan fingerprint density at radius 2 is 1.96 bits per heavy atom. The zero-order valence-corrected chi connectivity index (χ0v) is 16.5. The number of nitrogens with zero attached hydrogens (tertiary/aromatic N) is 3. The minimum atomic E-state index is -0.0632. The summed E-state index contributed by atoms with van der Waals surface area (Å²) < 4.78 is 1.23. The molecule has 6 nitrogen and oxygen atoms in total. The maximum atomic E-state index is 13.1. The lowest BCUT2D eigenvalue weighted by atomic mass is 9.76. The predicted octanol–water partition coefficient (Wildman–Crippen LogP) is 2.23. The highest BCUT2D eigenvalue weighted by Crippen LogP contribution is 2.34. The Labute approximate surface area is 163 Å². The monoisotopic (exact) mass is 385 g/mol. The molecule has 4 unspecified atom stereocenters. The van der Waals surface area contributed by atoms with Crippen LogP contribution in [0.25, 0.3) is 10.2 Å². The minimum Gasteiger partial charge on any atom is -0.345 e. The Hall–Kier alpha value is -1.70. The molecule has 1 aromatic heterocycles. The number of rotatable bonds is 2. The average molecular weight is 386 g/mol. The quantitative estimate of drug-likeness (QED) is 0.830. The number of hydrogen-bond donors (Lipinski definition) is 2. The van der Waals surface area contributed by atoms with Crippen molar-refractivity contribution in [2.75, 3.05) is 31.1 Å². The first-order valence-corrected chi connectivity index (χ1v) is 10.9. The highest BCUT2D eigenvalue weighted by Gasteiger charge is 2.44. The number of benzene rings is 1. The molecule has 0 radical (unpaired) electrons. The number of nitrogens with one attached hydrogen (secondary N) is 2. The van der Waals surface area contributed by atoms with Crippen LogP contribution < -0.4 is 15.8 Å². The fourth-order valence-electron chi connectivity index (χ4n) is 4.83. The highest BCUT2D eigenvalue weighted by molar-refractivity contribution is 7.22. The van der Waals surface area contributed by atoms with Crippen LogP contribution in [0.5, 0.6) is 0 Å². The molecule has 2 N–H and O–H groups in total. The molecule has 5 rings (SSSR count). The fourth-order valence-corrected chi connectivity index (χ4v) is 5.85. The largest absolute Gasteiger partial charge is 0.345 e. The van der Waals surface area contributed by atoms with Crippen molar-refractivity contribution >= 4 is 32.6 Å². The molecule has 7 heteroatoms. The number of anilines is 1. The summed E-state index contributed by atoms with van der Waals surface area (Å²) >= 11 is 1.74. The van der Waals surface area contributed by atoms with E-state index in [1.54, 1.807) is 11.3 Å². The number of hydrogen-bond acceptors (Lipinski definition) is 6. The third-order valence-electron chi connectivity index (χ3n) is 6.42. The van der Waals surface area contributed by atoms with Gasteiger partial charge >= 0.3 is 0 Å². The molecule has 0 spiro atoms. The van der Waals surface area contributed by atoms with Crippen LogP contribution in [0.15, 0.2) is 24.3 Å². The molecule has 2 saturated heterocycles. The van der Waals surface area contributed by atoms with Crippen molar-refractivity contribution < 1.29 is 4.79 Å². The summed E-state index contributed by atoms with van der Waals surface area (Å²) in [5.41, 5.74) is 7.76. The van der Waals surface area contributed by atoms with Gasteiger partial charge in [0.05, 0.1) is 10.2 Å². The van der Waals surface area contributed by atoms with Crippen LogP contribution in [0.1, 0.15) is 26.2 Å². The molecule has 4 atom stereocenters. The summed E-state index contributed by atoms with van der Waals surface area (Å²) in [4.78, 5) is 22.3. The first-order valence-electron chi connectivity index (χ1n) is 10.1. The van der Waals surface area contributed by atoms with E-state index in [0.29, 0.717) is 12.0 Å². The molecule has 3 fully saturated rings. The lowest BCUT2D eigenvalue weighted by Gasteiger charge is -2.37. The molecule has 27 heavy (non-hydrogen) atoms. The summed E-state index contributed by atoms with van der Waals surface area (Å²) in [7, 11) is 0. The van der Waals surface area contributed by atoms with Crippen LogP contribution in [0.4, 0.5) is 5.13 Å². The van der Waals surface area contributed by atoms with Gasteiger partial charge in [0.2, 0.25) is 5.91 Å². The Morgan fingerprint density at radius 3 is 2.78 bits per heavy atom. The molecule has 2 aliphatic heterocycles. The molecule has 2 aromatic rings. The van der Waals surface area contributed by atoms with Crippen LogP contribution in [-0.2, 0) is 4.79 Å². The molecular formula is C20H27N5OS. The van der Waals surface area contributed by atoms with Gasteiger partial charge in [0.25, 0.3) is 0 Å². The number of amides is 1. The van der Waals surface area contributed by atoms with Gasteiger partial charge in [-0.2, -0.15) is 0 Å². The van der Waals surface area contributed by atoms with Crippen molar-refractivity contribution in [2.24, 2.45) is 11.8 Å². The topological polar surface area (TPSA) is 60.5 Å². The van der Waals surface area contributed by atoms with E-state index in [-0.39, 0.29) is 11.9 Å². The van der Waals surface area contributed by atoms with E-state index in [2.05, 4.69) is 40.9 Å². The van der Waals surface area contributed by atoms with Crippen LogP contribution >= 0.6 is 11.3 Å². The second-order valence-electron chi connectivity index (χ2n) is 8.23. The number of carbonyl (C=O) groups excluding carboxylic acids is 1. The molecule has 144 valence electrons. The van der Waals surface area contributed by atoms with Gasteiger partial charge in [0, 0.05) is 38.1 Å². The zero-order chi connectivity index (χ0) is 18.4. The molecule has 0 bridgehead atoms. The number of piperazine rings is 1. The van der Waals surface area contributed by atoms with Crippen molar-refractivity contribution in [1.29, 1.82) is 0 Å². The zero-order valence-electron chi connectivity index (χ0n) is 15.7. The van der Waals surface area contributed by atoms with E-state index in [1.165, 1.54) is 17.5 Å². The second kappa shape index (κ2) is 7.04. The third-order valence-corrected chi connectivity index (χ3v) is 7.52. The number of carbonyl (C=O) groups is 1. The number of aromatic nitrogens is 1. The predicted molar refractivity (Wildman–Crippen MR) is 109 cm³/mol. The van der Waals surface area contributed by atoms with Crippen LogP contribution in [0.3, 0.4) is 0 Å². The fraction of sp³-hybridized carbons (Fsp3) is 0.600. The lowest BCUT2D eigenvalue weighted by Crippen LogP contribution is -2.55. The van der Waals surface area contributed by atoms with Gasteiger partial charge < -0.3 is 9.80 Å². The van der Waals surface area contributed by atoms with Crippen molar-refractivity contribution in [2.45, 2.75) is 38.3 Å². The number of para-hydroxylation sites is 1. The van der Waals surface area contributed by atoms with Gasteiger partial charge in [-0.15, -0.1) is 0 Å². The van der Waals surface area contributed by atoms with E-state index >= 15 is 0 Å². The molecule has 1 amide bonds. The highest BCUT2D eigenvalue weighted by atomic mass is 32.1. The number of hydrazine groups is 1. The Kier molecular flexibility index (Phi) is 4.53. The maximum Gasteiger partial charge on any atom is 0.241 e. The molecule has 3 aliphatic rings. The van der Waals surface area contributed by atoms with E-state index in [1.807, 2.05) is 11.0 Å². The van der Waals surface area contributed by atoms with Crippen molar-refractivity contribution in [3.05, 3.63) is 24.3 Å². The van der Waals surface area contributed by atoms with Gasteiger partial charge in [-0.3, -0.25) is 10.2 Å². The maximum absolute atomic E-state index is 13.1. The van der Waals surface area contributed by atoms with Crippen molar-refractivity contribution in [3.8, 4) is 0 Å². The van der Waals surface area contributed by atoms with E-state index in [0.717, 1.165) is 49.2 Å². The average Bonchev–Trinajstić information content (AvgIpc) is 3.31. The standard InChI is InChI=1S/C20H27N5OS/c1-13-6-7-15-14(12-13)18(23-22-15)19(26)24-8-10-25(11-9-24)20-21-16-4-2-3-5-17(16)27-20/h2-5,13-15,18,22-23H,6-12H2,1H3. The number of fused-ring (bicyclic) bond motifs is 2. The summed E-state index contributed by atoms with van der Waals surface area (Å²) in [6, 6.07) is 8.67. The van der Waals surface area contributed by atoms with E-state index < -0.39 is 0 Å². The van der Waals surface area contributed by atoms with Gasteiger partial charge in [-0.05, 0) is 37.3 Å². The van der Waals surface area contributed by atoms with Gasteiger partial charge in [0.1, 0.15) is 6.04 Å². The van der Waals surface area contributed by atoms with E-state index in [4.69, 9.17) is 4.98 Å². The SMILES string of the molecule is CC1CCC2NNC(C(=O)N3CCN(c4nc5ccccc5s4)CC3)C2C1. The normalized spacial score (nSPS) is 31.3. The third kappa shape index (κ3) is 3.22. The first kappa shape index (κ1) is 17.4. The Bertz CT molecular complexity index is 798. The van der Waals surface area contributed by atoms with Crippen molar-refractivity contribution in [1.82, 2.24) is 20.7 Å². The summed E-state index contributed by atoms with van der Waals surface area (Å²) in [6.07, 6.45) is 3.58. The molecule has 3 heterocycles. The Balaban J connectivity index is 1.23. The lowest BCUT2D eigenvalue weighted by molar-refractivity contribution is -0.134. The molecule has 1 aromatic carbocycles. The van der Waals surface area contributed by atoms with Crippen molar-refractivity contribution in [3.63, 3.8) is 0 Å². The van der Waals surface area contributed by atoms with Crippen LogP contribution in [0, 0.1) is 11.8 Å².